The van der Waals surface area contributed by atoms with E-state index in [2.05, 4.69) is 58.3 Å². The lowest BCUT2D eigenvalue weighted by atomic mass is 9.32. The third-order valence-electron chi connectivity index (χ3n) is 18.6. The van der Waals surface area contributed by atoms with Crippen molar-refractivity contribution in [2.24, 2.45) is 56.7 Å². The lowest BCUT2D eigenvalue weighted by molar-refractivity contribution is -0.246. The minimum Gasteiger partial charge on any atom is -0.481 e. The summed E-state index contributed by atoms with van der Waals surface area (Å²) in [5.74, 6) is 1.35. The molecule has 350 valence electrons. The maximum Gasteiger partial charge on any atom is 0.355 e. The molecular formula is C47H81N2O10PS. The van der Waals surface area contributed by atoms with Crippen molar-refractivity contribution in [3.63, 3.8) is 0 Å². The molecule has 0 amide bonds. The Labute approximate surface area is 368 Å². The molecule has 1 aliphatic heterocycles. The number of nitrogens with zero attached hydrogens (tertiary/aromatic N) is 1. The van der Waals surface area contributed by atoms with Crippen LogP contribution < -0.4 is 5.32 Å². The molecule has 2 unspecified atom stereocenters. The third-order valence-corrected chi connectivity index (χ3v) is 21.8. The van der Waals surface area contributed by atoms with E-state index in [9.17, 15) is 27.7 Å². The van der Waals surface area contributed by atoms with Crippen molar-refractivity contribution in [2.75, 3.05) is 51.7 Å². The molecule has 1 heterocycles. The zero-order valence-electron chi connectivity index (χ0n) is 39.5. The molecule has 6 fully saturated rings. The Hall–Kier alpha value is -1.34. The van der Waals surface area contributed by atoms with Crippen LogP contribution in [0.1, 0.15) is 139 Å². The van der Waals surface area contributed by atoms with Crippen LogP contribution in [-0.4, -0.2) is 106 Å². The zero-order chi connectivity index (χ0) is 45.2. The molecule has 6 aliphatic rings. The van der Waals surface area contributed by atoms with Gasteiger partial charge in [-0.15, -0.1) is 0 Å². The summed E-state index contributed by atoms with van der Waals surface area (Å²) in [6, 6.07) is -0.137. The quantitative estimate of drug-likeness (QED) is 0.0864. The van der Waals surface area contributed by atoms with Gasteiger partial charge in [0.2, 0.25) is 0 Å². The van der Waals surface area contributed by atoms with Gasteiger partial charge in [0.15, 0.2) is 9.84 Å². The molecular weight excluding hydrogens is 816 g/mol. The zero-order valence-corrected chi connectivity index (χ0v) is 41.2. The fourth-order valence-electron chi connectivity index (χ4n) is 15.2. The van der Waals surface area contributed by atoms with Crippen molar-refractivity contribution in [3.8, 4) is 0 Å². The molecule has 6 rings (SSSR count). The first-order valence-electron chi connectivity index (χ1n) is 23.3. The van der Waals surface area contributed by atoms with Crippen LogP contribution in [0.15, 0.2) is 12.2 Å². The smallest absolute Gasteiger partial charge is 0.355 e. The topological polar surface area (TPSA) is 158 Å². The van der Waals surface area contributed by atoms with Crippen LogP contribution in [0.3, 0.4) is 0 Å². The van der Waals surface area contributed by atoms with E-state index < -0.39 is 28.8 Å². The highest BCUT2D eigenvalue weighted by atomic mass is 32.2. The van der Waals surface area contributed by atoms with Crippen LogP contribution in [0.25, 0.3) is 0 Å². The number of rotatable bonds is 16. The second-order valence-corrected chi connectivity index (χ2v) is 27.2. The summed E-state index contributed by atoms with van der Waals surface area (Å²) in [5.41, 5.74) is 0.673. The summed E-state index contributed by atoms with van der Waals surface area (Å²) in [4.78, 5) is 27.0. The van der Waals surface area contributed by atoms with Crippen LogP contribution in [-0.2, 0) is 42.5 Å². The summed E-state index contributed by atoms with van der Waals surface area (Å²) < 4.78 is 61.0. The Morgan fingerprint density at radius 2 is 1.56 bits per heavy atom. The molecule has 0 aromatic heterocycles. The lowest BCUT2D eigenvalue weighted by Crippen LogP contribution is -2.69. The number of hydrogen-bond donors (Lipinski definition) is 2. The molecule has 0 spiro atoms. The highest BCUT2D eigenvalue weighted by Gasteiger charge is 2.71. The highest BCUT2D eigenvalue weighted by molar-refractivity contribution is 7.91. The largest absolute Gasteiger partial charge is 0.481 e. The summed E-state index contributed by atoms with van der Waals surface area (Å²) in [6.45, 7) is 26.5. The Morgan fingerprint density at radius 1 is 0.902 bits per heavy atom. The lowest BCUT2D eigenvalue weighted by Gasteiger charge is -2.73. The number of esters is 1. The van der Waals surface area contributed by atoms with Crippen molar-refractivity contribution in [3.05, 3.63) is 12.2 Å². The van der Waals surface area contributed by atoms with Crippen LogP contribution in [0.2, 0.25) is 0 Å². The Kier molecular flexibility index (Phi) is 14.1. The second-order valence-electron chi connectivity index (χ2n) is 22.7. The van der Waals surface area contributed by atoms with E-state index in [0.717, 1.165) is 51.4 Å². The van der Waals surface area contributed by atoms with E-state index in [-0.39, 0.29) is 82.1 Å². The summed E-state index contributed by atoms with van der Waals surface area (Å²) >= 11 is 0. The van der Waals surface area contributed by atoms with Crippen molar-refractivity contribution in [1.29, 1.82) is 0 Å². The highest BCUT2D eigenvalue weighted by Crippen LogP contribution is 2.76. The molecule has 1 saturated heterocycles. The fraction of sp³-hybridized carbons (Fsp3) is 0.915. The predicted molar refractivity (Wildman–Crippen MR) is 239 cm³/mol. The number of nitrogens with one attached hydrogen (secondary N) is 1. The van der Waals surface area contributed by atoms with Crippen molar-refractivity contribution in [2.45, 2.75) is 163 Å². The van der Waals surface area contributed by atoms with Gasteiger partial charge >= 0.3 is 19.5 Å². The van der Waals surface area contributed by atoms with Gasteiger partial charge in [-0.1, -0.05) is 60.6 Å². The molecule has 12 nitrogen and oxygen atoms in total. The molecule has 0 bridgehead atoms. The number of allylic oxidation sites excluding steroid dienone is 1. The molecule has 0 aromatic rings. The number of carbonyl (C=O) groups is 2. The average Bonchev–Trinajstić information content (AvgIpc) is 3.55. The summed E-state index contributed by atoms with van der Waals surface area (Å²) in [7, 11) is -3.77. The SMILES string of the molecule is C=C(C)[C@@H]1CC[C@]2(NCC(C(C)OCP(=O)(OC)OC)N3CCS(=O)(=O)CC3)CC[C@]3(C)[C@H](CC[C@@H]4[C@@]5(C)CC[C@H](OC(=O)CC(C)(C)CC(=O)O)C(C)(C)[C@@H]5CC[C@]43C)[C@@H]12. The number of carboxylic acid groups (broad SMARTS) is 1. The number of carboxylic acids is 1. The summed E-state index contributed by atoms with van der Waals surface area (Å²) in [6.07, 6.45) is 10.1. The van der Waals surface area contributed by atoms with Gasteiger partial charge < -0.3 is 28.9 Å². The van der Waals surface area contributed by atoms with Crippen molar-refractivity contribution < 1.29 is 46.2 Å². The van der Waals surface area contributed by atoms with E-state index in [1.807, 2.05) is 20.8 Å². The van der Waals surface area contributed by atoms with Gasteiger partial charge in [-0.2, -0.15) is 0 Å². The molecule has 0 radical (unpaired) electrons. The molecule has 12 atom stereocenters. The van der Waals surface area contributed by atoms with E-state index >= 15 is 0 Å². The number of carbonyl (C=O) groups excluding carboxylic acids is 1. The monoisotopic (exact) mass is 897 g/mol. The number of aliphatic carboxylic acids is 1. The van der Waals surface area contributed by atoms with Gasteiger partial charge in [-0.05, 0) is 129 Å². The standard InChI is InChI=1S/C47H81N2O10PS/c1-31(2)33-15-20-47(48-29-35(49-23-25-61(54,55)26-24-49)32(3)58-30-60(53,56-11)57-12)22-21-45(9)34(41(33)47)13-14-37-44(8)18-17-38(43(6,7)36(44)16-19-46(37,45)10)59-40(52)28-42(4,5)27-39(50)51/h32-38,41,48H,1,13-30H2,2-12H3,(H,50,51)/t32?,33-,34+,35?,36-,37+,38-,41+,44-,45+,46+,47-/m0/s1. The Morgan fingerprint density at radius 3 is 2.16 bits per heavy atom. The van der Waals surface area contributed by atoms with E-state index in [4.69, 9.17) is 18.5 Å². The van der Waals surface area contributed by atoms with E-state index in [0.29, 0.717) is 49.2 Å². The minimum absolute atomic E-state index is 0.0703. The van der Waals surface area contributed by atoms with Crippen molar-refractivity contribution >= 4 is 29.4 Å². The number of fused-ring (bicyclic) bond motifs is 7. The van der Waals surface area contributed by atoms with Crippen LogP contribution in [0.5, 0.6) is 0 Å². The van der Waals surface area contributed by atoms with Gasteiger partial charge in [-0.3, -0.25) is 19.1 Å². The van der Waals surface area contributed by atoms with Gasteiger partial charge in [0, 0.05) is 50.8 Å². The molecule has 5 saturated carbocycles. The molecule has 2 N–H and O–H groups in total. The first-order chi connectivity index (χ1) is 28.2. The van der Waals surface area contributed by atoms with Crippen LogP contribution in [0.4, 0.5) is 0 Å². The Balaban J connectivity index is 1.23. The van der Waals surface area contributed by atoms with Crippen LogP contribution >= 0.6 is 7.60 Å². The minimum atomic E-state index is -3.41. The molecule has 61 heavy (non-hydrogen) atoms. The fourth-order valence-corrected chi connectivity index (χ4v) is 17.2. The Bertz CT molecular complexity index is 1800. The maximum absolute atomic E-state index is 13.3. The normalized spacial score (nSPS) is 39.5. The maximum atomic E-state index is 13.3. The number of hydrogen-bond acceptors (Lipinski definition) is 11. The summed E-state index contributed by atoms with van der Waals surface area (Å²) in [5, 5.41) is 13.6. The van der Waals surface area contributed by atoms with E-state index in [1.165, 1.54) is 32.6 Å². The molecule has 5 aliphatic carbocycles. The van der Waals surface area contributed by atoms with Gasteiger partial charge in [0.05, 0.1) is 30.5 Å². The first kappa shape index (κ1) is 49.1. The number of sulfone groups is 1. The van der Waals surface area contributed by atoms with Gasteiger partial charge in [0.1, 0.15) is 12.5 Å². The second kappa shape index (κ2) is 17.5. The third kappa shape index (κ3) is 9.12. The average molecular weight is 897 g/mol. The number of ether oxygens (including phenoxy) is 2. The van der Waals surface area contributed by atoms with Crippen molar-refractivity contribution in [1.82, 2.24) is 10.2 Å². The predicted octanol–water partition coefficient (Wildman–Crippen LogP) is 8.74. The first-order valence-corrected chi connectivity index (χ1v) is 26.9. The molecule has 14 heteroatoms. The van der Waals surface area contributed by atoms with Gasteiger partial charge in [-0.25, -0.2) is 8.42 Å². The van der Waals surface area contributed by atoms with E-state index in [1.54, 1.807) is 0 Å². The van der Waals surface area contributed by atoms with Gasteiger partial charge in [0.25, 0.3) is 0 Å². The van der Waals surface area contributed by atoms with Crippen LogP contribution in [0, 0.1) is 56.7 Å². The molecule has 0 aromatic carbocycles.